The summed E-state index contributed by atoms with van der Waals surface area (Å²) in [7, 11) is 1.28. The lowest BCUT2D eigenvalue weighted by Gasteiger charge is -2.03. The van der Waals surface area contributed by atoms with Crippen LogP contribution in [0.4, 0.5) is 5.95 Å². The fourth-order valence-corrected chi connectivity index (χ4v) is 1.92. The van der Waals surface area contributed by atoms with Crippen molar-refractivity contribution in [1.29, 1.82) is 0 Å². The summed E-state index contributed by atoms with van der Waals surface area (Å²) in [5.41, 5.74) is 1.29. The lowest BCUT2D eigenvalue weighted by molar-refractivity contribution is 0.0600. The molecule has 0 atom stereocenters. The fraction of sp³-hybridized carbons (Fsp3) is 0.0667. The molecule has 2 heterocycles. The Morgan fingerprint density at radius 2 is 2.09 bits per heavy atom. The molecule has 1 aromatic carbocycles. The molecular weight excluding hydrogens is 300 g/mol. The summed E-state index contributed by atoms with van der Waals surface area (Å²) in [6, 6.07) is 7.88. The maximum absolute atomic E-state index is 12.2. The van der Waals surface area contributed by atoms with Crippen molar-refractivity contribution in [1.82, 2.24) is 15.2 Å². The molecule has 0 spiro atoms. The number of nitrogens with one attached hydrogen (secondary N) is 2. The molecule has 2 N–H and O–H groups in total. The Kier molecular flexibility index (Phi) is 3.88. The van der Waals surface area contributed by atoms with E-state index in [1.54, 1.807) is 24.3 Å². The number of ether oxygens (including phenoxy) is 1. The zero-order valence-electron chi connectivity index (χ0n) is 12.1. The number of furan rings is 1. The zero-order valence-corrected chi connectivity index (χ0v) is 12.1. The van der Waals surface area contributed by atoms with Crippen molar-refractivity contribution >= 4 is 17.8 Å². The van der Waals surface area contributed by atoms with Crippen LogP contribution in [0.3, 0.4) is 0 Å². The third kappa shape index (κ3) is 3.10. The van der Waals surface area contributed by atoms with E-state index in [9.17, 15) is 9.59 Å². The number of nitrogens with zero attached hydrogens (tertiary/aromatic N) is 2. The molecule has 3 rings (SSSR count). The van der Waals surface area contributed by atoms with Gasteiger partial charge in [-0.15, -0.1) is 5.10 Å². The summed E-state index contributed by atoms with van der Waals surface area (Å²) < 4.78 is 9.58. The first-order valence-corrected chi connectivity index (χ1v) is 6.62. The standard InChI is InChI=1S/C15H12N4O4/c1-22-14(21)10-4-2-3-9(7-10)13(20)17-15-16-12(18-19-15)11-5-6-23-8-11/h2-8H,1H3,(H2,16,17,18,19,20). The Balaban J connectivity index is 1.76. The number of carbonyl (C=O) groups excluding carboxylic acids is 2. The normalized spacial score (nSPS) is 10.3. The Labute approximate surface area is 130 Å². The first-order valence-electron chi connectivity index (χ1n) is 6.62. The van der Waals surface area contributed by atoms with E-state index in [1.165, 1.54) is 25.7 Å². The van der Waals surface area contributed by atoms with Crippen LogP contribution in [0.5, 0.6) is 0 Å². The van der Waals surface area contributed by atoms with Crippen LogP contribution in [0, 0.1) is 0 Å². The average molecular weight is 312 g/mol. The predicted molar refractivity (Wildman–Crippen MR) is 79.8 cm³/mol. The molecule has 0 bridgehead atoms. The minimum Gasteiger partial charge on any atom is -0.472 e. The molecule has 0 aliphatic rings. The third-order valence-corrected chi connectivity index (χ3v) is 3.05. The second kappa shape index (κ2) is 6.14. The number of esters is 1. The highest BCUT2D eigenvalue weighted by molar-refractivity contribution is 6.04. The molecule has 1 amide bonds. The number of carbonyl (C=O) groups is 2. The number of H-pyrrole nitrogens is 1. The number of anilines is 1. The Bertz CT molecular complexity index is 839. The van der Waals surface area contributed by atoms with Crippen LogP contribution in [0.1, 0.15) is 20.7 Å². The van der Waals surface area contributed by atoms with Crippen LogP contribution >= 0.6 is 0 Å². The van der Waals surface area contributed by atoms with Crippen LogP contribution in [-0.4, -0.2) is 34.2 Å². The number of amides is 1. The Morgan fingerprint density at radius 1 is 1.26 bits per heavy atom. The Hall–Kier alpha value is -3.42. The predicted octanol–water partition coefficient (Wildman–Crippen LogP) is 2.10. The summed E-state index contributed by atoms with van der Waals surface area (Å²) >= 11 is 0. The van der Waals surface area contributed by atoms with Crippen LogP contribution in [0.25, 0.3) is 11.4 Å². The van der Waals surface area contributed by atoms with Crippen molar-refractivity contribution < 1.29 is 18.7 Å². The van der Waals surface area contributed by atoms with Crippen molar-refractivity contribution in [3.8, 4) is 11.4 Å². The number of hydrogen-bond donors (Lipinski definition) is 2. The molecular formula is C15H12N4O4. The van der Waals surface area contributed by atoms with Gasteiger partial charge >= 0.3 is 5.97 Å². The molecule has 0 saturated carbocycles. The second-order valence-electron chi connectivity index (χ2n) is 4.55. The van der Waals surface area contributed by atoms with Crippen LogP contribution in [0.2, 0.25) is 0 Å². The fourth-order valence-electron chi connectivity index (χ4n) is 1.92. The maximum Gasteiger partial charge on any atom is 0.337 e. The summed E-state index contributed by atoms with van der Waals surface area (Å²) in [5.74, 6) is -0.361. The van der Waals surface area contributed by atoms with Gasteiger partial charge in [0.2, 0.25) is 5.95 Å². The molecule has 0 radical (unpaired) electrons. The topological polar surface area (TPSA) is 110 Å². The molecule has 2 aromatic heterocycles. The van der Waals surface area contributed by atoms with Gasteiger partial charge in [-0.05, 0) is 24.3 Å². The van der Waals surface area contributed by atoms with E-state index < -0.39 is 11.9 Å². The van der Waals surface area contributed by atoms with Crippen LogP contribution < -0.4 is 5.32 Å². The van der Waals surface area contributed by atoms with Gasteiger partial charge in [0.25, 0.3) is 5.91 Å². The lowest BCUT2D eigenvalue weighted by Crippen LogP contribution is -2.14. The SMILES string of the molecule is COC(=O)c1cccc(C(=O)Nc2n[nH]c(-c3ccoc3)n2)c1. The van der Waals surface area contributed by atoms with Crippen molar-refractivity contribution in [3.63, 3.8) is 0 Å². The van der Waals surface area contributed by atoms with E-state index >= 15 is 0 Å². The summed E-state index contributed by atoms with van der Waals surface area (Å²) in [6.45, 7) is 0. The molecule has 116 valence electrons. The maximum atomic E-state index is 12.2. The van der Waals surface area contributed by atoms with Gasteiger partial charge in [-0.1, -0.05) is 6.07 Å². The molecule has 0 saturated heterocycles. The molecule has 3 aromatic rings. The third-order valence-electron chi connectivity index (χ3n) is 3.05. The largest absolute Gasteiger partial charge is 0.472 e. The monoisotopic (exact) mass is 312 g/mol. The molecule has 0 fully saturated rings. The first-order chi connectivity index (χ1) is 11.2. The van der Waals surface area contributed by atoms with Crippen LogP contribution in [-0.2, 0) is 4.74 Å². The molecule has 0 aliphatic heterocycles. The minimum absolute atomic E-state index is 0.120. The smallest absolute Gasteiger partial charge is 0.337 e. The molecule has 8 heteroatoms. The van der Waals surface area contributed by atoms with Gasteiger partial charge in [0, 0.05) is 5.56 Å². The second-order valence-corrected chi connectivity index (χ2v) is 4.55. The minimum atomic E-state index is -0.514. The van der Waals surface area contributed by atoms with E-state index in [4.69, 9.17) is 4.42 Å². The van der Waals surface area contributed by atoms with Gasteiger partial charge in [0.1, 0.15) is 6.26 Å². The van der Waals surface area contributed by atoms with E-state index in [2.05, 4.69) is 25.2 Å². The van der Waals surface area contributed by atoms with Gasteiger partial charge in [-0.25, -0.2) is 4.79 Å². The number of hydrogen-bond acceptors (Lipinski definition) is 6. The van der Waals surface area contributed by atoms with Gasteiger partial charge in [-0.2, -0.15) is 4.98 Å². The quantitative estimate of drug-likeness (QED) is 0.714. The molecule has 0 aliphatic carbocycles. The Morgan fingerprint density at radius 3 is 2.83 bits per heavy atom. The number of aromatic amines is 1. The van der Waals surface area contributed by atoms with Crippen LogP contribution in [0.15, 0.2) is 47.3 Å². The first kappa shape index (κ1) is 14.5. The van der Waals surface area contributed by atoms with E-state index in [0.717, 1.165) is 0 Å². The van der Waals surface area contributed by atoms with Crippen molar-refractivity contribution in [2.45, 2.75) is 0 Å². The number of rotatable bonds is 4. The van der Waals surface area contributed by atoms with Crippen molar-refractivity contribution in [2.24, 2.45) is 0 Å². The van der Waals surface area contributed by atoms with Gasteiger partial charge < -0.3 is 9.15 Å². The van der Waals surface area contributed by atoms with E-state index in [0.29, 0.717) is 17.0 Å². The number of aromatic nitrogens is 3. The lowest BCUT2D eigenvalue weighted by atomic mass is 10.1. The number of benzene rings is 1. The van der Waals surface area contributed by atoms with Crippen molar-refractivity contribution in [2.75, 3.05) is 12.4 Å². The highest BCUT2D eigenvalue weighted by atomic mass is 16.5. The summed E-state index contributed by atoms with van der Waals surface area (Å²) in [5, 5.41) is 9.15. The highest BCUT2D eigenvalue weighted by Gasteiger charge is 2.13. The molecule has 23 heavy (non-hydrogen) atoms. The van der Waals surface area contributed by atoms with E-state index in [-0.39, 0.29) is 11.5 Å². The van der Waals surface area contributed by atoms with Gasteiger partial charge in [0.15, 0.2) is 5.82 Å². The number of methoxy groups -OCH3 is 1. The summed E-state index contributed by atoms with van der Waals surface area (Å²) in [4.78, 5) is 27.8. The molecule has 0 unspecified atom stereocenters. The van der Waals surface area contributed by atoms with E-state index in [1.807, 2.05) is 0 Å². The molecule has 8 nitrogen and oxygen atoms in total. The van der Waals surface area contributed by atoms with Crippen molar-refractivity contribution in [3.05, 3.63) is 54.0 Å². The summed E-state index contributed by atoms with van der Waals surface area (Å²) in [6.07, 6.45) is 3.01. The van der Waals surface area contributed by atoms with Gasteiger partial charge in [0.05, 0.1) is 24.5 Å². The average Bonchev–Trinajstić information content (AvgIpc) is 3.25. The van der Waals surface area contributed by atoms with Gasteiger partial charge in [-0.3, -0.25) is 15.2 Å². The highest BCUT2D eigenvalue weighted by Crippen LogP contribution is 2.16. The zero-order chi connectivity index (χ0) is 16.2.